The van der Waals surface area contributed by atoms with Gasteiger partial charge in [-0.25, -0.2) is 9.78 Å². The lowest BCUT2D eigenvalue weighted by molar-refractivity contribution is 0.0526. The zero-order chi connectivity index (χ0) is 15.4. The van der Waals surface area contributed by atoms with Gasteiger partial charge in [-0.2, -0.15) is 5.10 Å². The zero-order valence-electron chi connectivity index (χ0n) is 12.8. The lowest BCUT2D eigenvalue weighted by Crippen LogP contribution is -2.10. The van der Waals surface area contributed by atoms with Crippen LogP contribution in [0.2, 0.25) is 0 Å². The Balaban J connectivity index is 2.06. The normalized spacial score (nSPS) is 12.0. The molecular weight excluding hydrogens is 268 g/mol. The average molecular weight is 288 g/mol. The highest BCUT2D eigenvalue weighted by Crippen LogP contribution is 2.20. The smallest absolute Gasteiger partial charge is 0.339 e. The quantitative estimate of drug-likeness (QED) is 0.856. The van der Waals surface area contributed by atoms with Gasteiger partial charge in [0.05, 0.1) is 23.9 Å². The Morgan fingerprint density at radius 1 is 1.48 bits per heavy atom. The van der Waals surface area contributed by atoms with Gasteiger partial charge in [0.1, 0.15) is 5.82 Å². The third kappa shape index (κ3) is 3.59. The summed E-state index contributed by atoms with van der Waals surface area (Å²) < 4.78 is 6.72. The number of aryl methyl sites for hydroxylation is 2. The molecule has 2 aromatic rings. The van der Waals surface area contributed by atoms with Gasteiger partial charge in [-0.3, -0.25) is 4.68 Å². The minimum Gasteiger partial charge on any atom is -0.462 e. The van der Waals surface area contributed by atoms with E-state index in [0.717, 1.165) is 11.3 Å². The fourth-order valence-electron chi connectivity index (χ4n) is 2.16. The molecule has 0 aliphatic heterocycles. The highest BCUT2D eigenvalue weighted by atomic mass is 16.5. The summed E-state index contributed by atoms with van der Waals surface area (Å²) in [5.74, 6) is 0.353. The van der Waals surface area contributed by atoms with Crippen LogP contribution in [0.25, 0.3) is 0 Å². The molecule has 6 nitrogen and oxygen atoms in total. The maximum atomic E-state index is 11.6. The van der Waals surface area contributed by atoms with E-state index in [1.54, 1.807) is 23.7 Å². The molecule has 0 fully saturated rings. The van der Waals surface area contributed by atoms with Gasteiger partial charge in [0, 0.05) is 25.0 Å². The molecule has 0 aliphatic rings. The van der Waals surface area contributed by atoms with E-state index in [2.05, 4.69) is 15.4 Å². The van der Waals surface area contributed by atoms with Crippen molar-refractivity contribution in [2.75, 3.05) is 11.9 Å². The Kier molecular flexibility index (Phi) is 4.57. The zero-order valence-corrected chi connectivity index (χ0v) is 12.8. The van der Waals surface area contributed by atoms with Crippen LogP contribution >= 0.6 is 0 Å². The summed E-state index contributed by atoms with van der Waals surface area (Å²) in [5, 5.41) is 7.62. The topological polar surface area (TPSA) is 69.0 Å². The summed E-state index contributed by atoms with van der Waals surface area (Å²) in [7, 11) is 1.90. The van der Waals surface area contributed by atoms with Crippen LogP contribution in [0.1, 0.15) is 41.5 Å². The molecule has 0 bridgehead atoms. The van der Waals surface area contributed by atoms with E-state index in [9.17, 15) is 4.79 Å². The maximum Gasteiger partial charge on any atom is 0.339 e. The largest absolute Gasteiger partial charge is 0.462 e. The number of nitrogens with zero attached hydrogens (tertiary/aromatic N) is 3. The molecular formula is C15H20N4O2. The Morgan fingerprint density at radius 3 is 2.76 bits per heavy atom. The van der Waals surface area contributed by atoms with Crippen LogP contribution in [0, 0.1) is 6.92 Å². The molecule has 112 valence electrons. The molecule has 2 heterocycles. The number of carbonyl (C=O) groups excluding carboxylic acids is 1. The van der Waals surface area contributed by atoms with Crippen molar-refractivity contribution >= 4 is 11.8 Å². The van der Waals surface area contributed by atoms with Gasteiger partial charge in [0.2, 0.25) is 0 Å². The van der Waals surface area contributed by atoms with E-state index < -0.39 is 0 Å². The van der Waals surface area contributed by atoms with E-state index >= 15 is 0 Å². The van der Waals surface area contributed by atoms with Gasteiger partial charge in [0.15, 0.2) is 0 Å². The van der Waals surface area contributed by atoms with Gasteiger partial charge in [-0.05, 0) is 32.9 Å². The average Bonchev–Trinajstić information content (AvgIpc) is 2.79. The number of carbonyl (C=O) groups is 1. The number of pyridine rings is 1. The summed E-state index contributed by atoms with van der Waals surface area (Å²) in [5.41, 5.74) is 2.56. The summed E-state index contributed by atoms with van der Waals surface area (Å²) in [6.45, 7) is 6.16. The number of anilines is 1. The number of aromatic nitrogens is 3. The standard InChI is InChI=1S/C15H20N4O2/c1-5-21-15(20)12-6-7-14(16-8-12)17-10(2)13-9-19(4)18-11(13)3/h6-10H,5H2,1-4H3,(H,16,17)/t10-/m0/s1. The van der Waals surface area contributed by atoms with Crippen LogP contribution in [-0.2, 0) is 11.8 Å². The molecule has 6 heteroatoms. The van der Waals surface area contributed by atoms with E-state index in [1.807, 2.05) is 27.1 Å². The lowest BCUT2D eigenvalue weighted by atomic mass is 10.1. The summed E-state index contributed by atoms with van der Waals surface area (Å²) in [4.78, 5) is 15.8. The molecule has 2 rings (SSSR count). The molecule has 0 unspecified atom stereocenters. The van der Waals surface area contributed by atoms with Crippen LogP contribution in [0.15, 0.2) is 24.5 Å². The number of hydrogen-bond acceptors (Lipinski definition) is 5. The number of nitrogens with one attached hydrogen (secondary N) is 1. The molecule has 0 spiro atoms. The number of hydrogen-bond donors (Lipinski definition) is 1. The van der Waals surface area contributed by atoms with Crippen LogP contribution in [0.5, 0.6) is 0 Å². The number of rotatable bonds is 5. The van der Waals surface area contributed by atoms with E-state index in [4.69, 9.17) is 4.74 Å². The molecule has 21 heavy (non-hydrogen) atoms. The minimum absolute atomic E-state index is 0.0830. The van der Waals surface area contributed by atoms with Crippen molar-refractivity contribution in [2.24, 2.45) is 7.05 Å². The Labute approximate surface area is 124 Å². The van der Waals surface area contributed by atoms with Gasteiger partial charge < -0.3 is 10.1 Å². The molecule has 1 N–H and O–H groups in total. The van der Waals surface area contributed by atoms with Crippen LogP contribution in [0.3, 0.4) is 0 Å². The monoisotopic (exact) mass is 288 g/mol. The predicted octanol–water partition coefficient (Wildman–Crippen LogP) is 2.47. The van der Waals surface area contributed by atoms with Crippen LogP contribution < -0.4 is 5.32 Å². The summed E-state index contributed by atoms with van der Waals surface area (Å²) >= 11 is 0. The molecule has 0 amide bonds. The number of ether oxygens (including phenoxy) is 1. The fraction of sp³-hybridized carbons (Fsp3) is 0.400. The van der Waals surface area contributed by atoms with Gasteiger partial charge in [-0.1, -0.05) is 0 Å². The Bertz CT molecular complexity index is 619. The number of esters is 1. The van der Waals surface area contributed by atoms with Crippen molar-refractivity contribution in [1.82, 2.24) is 14.8 Å². The van der Waals surface area contributed by atoms with Gasteiger partial charge in [0.25, 0.3) is 0 Å². The summed E-state index contributed by atoms with van der Waals surface area (Å²) in [6.07, 6.45) is 3.50. The third-order valence-corrected chi connectivity index (χ3v) is 3.16. The molecule has 0 saturated carbocycles. The van der Waals surface area contributed by atoms with Crippen molar-refractivity contribution in [3.05, 3.63) is 41.3 Å². The molecule has 1 atom stereocenters. The lowest BCUT2D eigenvalue weighted by Gasteiger charge is -2.14. The highest BCUT2D eigenvalue weighted by Gasteiger charge is 2.13. The molecule has 2 aromatic heterocycles. The fourth-order valence-corrected chi connectivity index (χ4v) is 2.16. The van der Waals surface area contributed by atoms with Crippen LogP contribution in [-0.4, -0.2) is 27.3 Å². The first-order valence-corrected chi connectivity index (χ1v) is 6.91. The molecule has 0 radical (unpaired) electrons. The van der Waals surface area contributed by atoms with Crippen LogP contribution in [0.4, 0.5) is 5.82 Å². The Hall–Kier alpha value is -2.37. The van der Waals surface area contributed by atoms with E-state index in [1.165, 1.54) is 6.20 Å². The van der Waals surface area contributed by atoms with Crippen molar-refractivity contribution < 1.29 is 9.53 Å². The SMILES string of the molecule is CCOC(=O)c1ccc(N[C@@H](C)c2cn(C)nc2C)nc1. The summed E-state index contributed by atoms with van der Waals surface area (Å²) in [6, 6.07) is 3.56. The second-order valence-electron chi connectivity index (χ2n) is 4.86. The first kappa shape index (κ1) is 15.0. The molecule has 0 aromatic carbocycles. The van der Waals surface area contributed by atoms with E-state index in [0.29, 0.717) is 18.0 Å². The second kappa shape index (κ2) is 6.39. The van der Waals surface area contributed by atoms with Crippen molar-refractivity contribution in [1.29, 1.82) is 0 Å². The predicted molar refractivity (Wildman–Crippen MR) is 80.2 cm³/mol. The van der Waals surface area contributed by atoms with Gasteiger partial charge >= 0.3 is 5.97 Å². The first-order valence-electron chi connectivity index (χ1n) is 6.91. The van der Waals surface area contributed by atoms with Crippen molar-refractivity contribution in [2.45, 2.75) is 26.8 Å². The second-order valence-corrected chi connectivity index (χ2v) is 4.86. The van der Waals surface area contributed by atoms with Crippen molar-refractivity contribution in [3.63, 3.8) is 0 Å². The van der Waals surface area contributed by atoms with E-state index in [-0.39, 0.29) is 12.0 Å². The molecule has 0 aliphatic carbocycles. The third-order valence-electron chi connectivity index (χ3n) is 3.16. The van der Waals surface area contributed by atoms with Gasteiger partial charge in [-0.15, -0.1) is 0 Å². The maximum absolute atomic E-state index is 11.6. The first-order chi connectivity index (χ1) is 10.0. The molecule has 0 saturated heterocycles. The van der Waals surface area contributed by atoms with Crippen molar-refractivity contribution in [3.8, 4) is 0 Å². The highest BCUT2D eigenvalue weighted by molar-refractivity contribution is 5.89. The Morgan fingerprint density at radius 2 is 2.24 bits per heavy atom. The minimum atomic E-state index is -0.354.